The maximum atomic E-state index is 13.3. The summed E-state index contributed by atoms with van der Waals surface area (Å²) in [6, 6.07) is 10.4. The molecule has 0 bridgehead atoms. The highest BCUT2D eigenvalue weighted by Crippen LogP contribution is 2.25. The van der Waals surface area contributed by atoms with Gasteiger partial charge in [-0.2, -0.15) is 4.98 Å². The molecule has 0 unspecified atom stereocenters. The largest absolute Gasteiger partial charge is 0.437 e. The van der Waals surface area contributed by atoms with Gasteiger partial charge in [-0.1, -0.05) is 37.1 Å². The lowest BCUT2D eigenvalue weighted by atomic mass is 10.1. The Kier molecular flexibility index (Phi) is 5.09. The summed E-state index contributed by atoms with van der Waals surface area (Å²) in [6.45, 7) is 2.28. The molecule has 4 aromatic rings. The van der Waals surface area contributed by atoms with Gasteiger partial charge < -0.3 is 4.42 Å². The SMILES string of the molecule is CCCCn1c(-c2cccc([N+](=O)[O-])c2)nc2oc3ccc(Cl)cc3c(=O)c2c1=O. The Hall–Kier alpha value is -3.52. The van der Waals surface area contributed by atoms with Gasteiger partial charge in [-0.05, 0) is 24.6 Å². The Labute approximate surface area is 174 Å². The lowest BCUT2D eigenvalue weighted by Crippen LogP contribution is -2.27. The Morgan fingerprint density at radius 3 is 2.73 bits per heavy atom. The fourth-order valence-corrected chi connectivity index (χ4v) is 3.49. The van der Waals surface area contributed by atoms with E-state index in [1.807, 2.05) is 6.92 Å². The van der Waals surface area contributed by atoms with Crippen molar-refractivity contribution in [2.75, 3.05) is 0 Å². The van der Waals surface area contributed by atoms with Gasteiger partial charge in [0.15, 0.2) is 5.39 Å². The fourth-order valence-electron chi connectivity index (χ4n) is 3.31. The van der Waals surface area contributed by atoms with E-state index in [-0.39, 0.29) is 33.6 Å². The minimum Gasteiger partial charge on any atom is -0.437 e. The smallest absolute Gasteiger partial charge is 0.270 e. The maximum absolute atomic E-state index is 13.3. The average Bonchev–Trinajstić information content (AvgIpc) is 2.73. The molecule has 0 saturated carbocycles. The van der Waals surface area contributed by atoms with Gasteiger partial charge in [0, 0.05) is 29.3 Å². The first kappa shape index (κ1) is 19.8. The number of hydrogen-bond acceptors (Lipinski definition) is 6. The number of nitro benzene ring substituents is 1. The third-order valence-electron chi connectivity index (χ3n) is 4.81. The van der Waals surface area contributed by atoms with Crippen LogP contribution in [0.5, 0.6) is 0 Å². The zero-order valence-corrected chi connectivity index (χ0v) is 16.7. The van der Waals surface area contributed by atoms with Crippen molar-refractivity contribution in [3.8, 4) is 11.4 Å². The number of nitro groups is 1. The van der Waals surface area contributed by atoms with E-state index in [0.717, 1.165) is 6.42 Å². The summed E-state index contributed by atoms with van der Waals surface area (Å²) in [7, 11) is 0. The Bertz CT molecular complexity index is 1420. The number of rotatable bonds is 5. The molecule has 0 radical (unpaired) electrons. The van der Waals surface area contributed by atoms with Gasteiger partial charge in [0.05, 0.1) is 10.3 Å². The third kappa shape index (κ3) is 3.35. The second-order valence-electron chi connectivity index (χ2n) is 6.81. The molecule has 152 valence electrons. The van der Waals surface area contributed by atoms with Crippen LogP contribution in [-0.2, 0) is 6.54 Å². The molecule has 0 aliphatic rings. The van der Waals surface area contributed by atoms with Gasteiger partial charge in [-0.25, -0.2) is 0 Å². The maximum Gasteiger partial charge on any atom is 0.270 e. The normalized spacial score (nSPS) is 11.3. The van der Waals surface area contributed by atoms with Crippen LogP contribution < -0.4 is 11.0 Å². The van der Waals surface area contributed by atoms with Crippen molar-refractivity contribution in [3.63, 3.8) is 0 Å². The molecule has 0 atom stereocenters. The summed E-state index contributed by atoms with van der Waals surface area (Å²) in [6.07, 6.45) is 1.47. The summed E-state index contributed by atoms with van der Waals surface area (Å²) >= 11 is 5.99. The van der Waals surface area contributed by atoms with Gasteiger partial charge >= 0.3 is 0 Å². The van der Waals surface area contributed by atoms with Crippen LogP contribution in [0.1, 0.15) is 19.8 Å². The molecule has 0 aliphatic carbocycles. The van der Waals surface area contributed by atoms with E-state index in [4.69, 9.17) is 16.0 Å². The summed E-state index contributed by atoms with van der Waals surface area (Å²) in [5.41, 5.74) is -0.668. The first-order valence-corrected chi connectivity index (χ1v) is 9.70. The molecular formula is C21H16ClN3O5. The van der Waals surface area contributed by atoms with E-state index in [0.29, 0.717) is 23.6 Å². The van der Waals surface area contributed by atoms with E-state index in [2.05, 4.69) is 4.98 Å². The van der Waals surface area contributed by atoms with Gasteiger partial charge in [-0.3, -0.25) is 24.3 Å². The lowest BCUT2D eigenvalue weighted by Gasteiger charge is -2.13. The van der Waals surface area contributed by atoms with E-state index in [9.17, 15) is 19.7 Å². The monoisotopic (exact) mass is 425 g/mol. The molecule has 2 heterocycles. The van der Waals surface area contributed by atoms with Gasteiger partial charge in [0.25, 0.3) is 11.2 Å². The highest BCUT2D eigenvalue weighted by Gasteiger charge is 2.20. The van der Waals surface area contributed by atoms with Crippen molar-refractivity contribution in [1.82, 2.24) is 9.55 Å². The number of fused-ring (bicyclic) bond motifs is 2. The molecule has 30 heavy (non-hydrogen) atoms. The fraction of sp³-hybridized carbons (Fsp3) is 0.190. The van der Waals surface area contributed by atoms with Crippen LogP contribution in [0.3, 0.4) is 0 Å². The second kappa shape index (κ2) is 7.72. The Balaban J connectivity index is 2.09. The summed E-state index contributed by atoms with van der Waals surface area (Å²) in [5.74, 6) is 0.209. The van der Waals surface area contributed by atoms with Crippen molar-refractivity contribution in [3.05, 3.63) is 78.2 Å². The molecule has 0 aliphatic heterocycles. The van der Waals surface area contributed by atoms with Crippen molar-refractivity contribution in [2.24, 2.45) is 0 Å². The minimum absolute atomic E-state index is 0.117. The number of nitrogens with zero attached hydrogens (tertiary/aromatic N) is 3. The van der Waals surface area contributed by atoms with Crippen LogP contribution in [0, 0.1) is 10.1 Å². The summed E-state index contributed by atoms with van der Waals surface area (Å²) in [4.78, 5) is 41.4. The standard InChI is InChI=1S/C21H16ClN3O5/c1-2-3-9-24-19(12-5-4-6-14(10-12)25(28)29)23-20-17(21(24)27)18(26)15-11-13(22)7-8-16(15)30-20/h4-8,10-11H,2-3,9H2,1H3. The van der Waals surface area contributed by atoms with E-state index < -0.39 is 15.9 Å². The van der Waals surface area contributed by atoms with E-state index in [1.54, 1.807) is 12.1 Å². The van der Waals surface area contributed by atoms with Crippen LogP contribution in [0.2, 0.25) is 5.02 Å². The third-order valence-corrected chi connectivity index (χ3v) is 5.04. The van der Waals surface area contributed by atoms with Gasteiger partial charge in [0.2, 0.25) is 11.1 Å². The first-order valence-electron chi connectivity index (χ1n) is 9.32. The number of benzene rings is 2. The predicted octanol–water partition coefficient (Wildman–Crippen LogP) is 4.53. The molecule has 0 saturated heterocycles. The van der Waals surface area contributed by atoms with Gasteiger partial charge in [0.1, 0.15) is 11.4 Å². The van der Waals surface area contributed by atoms with E-state index >= 15 is 0 Å². The molecule has 8 nitrogen and oxygen atoms in total. The van der Waals surface area contributed by atoms with Crippen LogP contribution in [0.25, 0.3) is 33.5 Å². The highest BCUT2D eigenvalue weighted by atomic mass is 35.5. The molecule has 0 spiro atoms. The molecule has 4 rings (SSSR count). The van der Waals surface area contributed by atoms with Gasteiger partial charge in [-0.15, -0.1) is 0 Å². The second-order valence-corrected chi connectivity index (χ2v) is 7.24. The Morgan fingerprint density at radius 2 is 2.00 bits per heavy atom. The molecule has 0 fully saturated rings. The van der Waals surface area contributed by atoms with Crippen molar-refractivity contribution < 1.29 is 9.34 Å². The molecule has 0 N–H and O–H groups in total. The zero-order chi connectivity index (χ0) is 21.4. The minimum atomic E-state index is -0.550. The number of hydrogen-bond donors (Lipinski definition) is 0. The quantitative estimate of drug-likeness (QED) is 0.264. The lowest BCUT2D eigenvalue weighted by molar-refractivity contribution is -0.384. The number of aromatic nitrogens is 2. The molecule has 0 amide bonds. The van der Waals surface area contributed by atoms with Crippen molar-refractivity contribution in [1.29, 1.82) is 0 Å². The molecule has 9 heteroatoms. The van der Waals surface area contributed by atoms with Crippen LogP contribution in [0.15, 0.2) is 56.5 Å². The van der Waals surface area contributed by atoms with Crippen LogP contribution in [0.4, 0.5) is 5.69 Å². The summed E-state index contributed by atoms with van der Waals surface area (Å²) < 4.78 is 7.12. The summed E-state index contributed by atoms with van der Waals surface area (Å²) in [5, 5.41) is 11.6. The molecule has 2 aromatic heterocycles. The number of unbranched alkanes of at least 4 members (excludes halogenated alkanes) is 1. The Morgan fingerprint density at radius 1 is 1.20 bits per heavy atom. The van der Waals surface area contributed by atoms with Crippen molar-refractivity contribution in [2.45, 2.75) is 26.3 Å². The van der Waals surface area contributed by atoms with Crippen molar-refractivity contribution >= 4 is 39.4 Å². The zero-order valence-electron chi connectivity index (χ0n) is 15.9. The highest BCUT2D eigenvalue weighted by molar-refractivity contribution is 6.31. The average molecular weight is 426 g/mol. The van der Waals surface area contributed by atoms with Crippen LogP contribution in [-0.4, -0.2) is 14.5 Å². The topological polar surface area (TPSA) is 108 Å². The number of halogens is 1. The van der Waals surface area contributed by atoms with Crippen LogP contribution >= 0.6 is 11.6 Å². The number of non-ortho nitro benzene ring substituents is 1. The first-order chi connectivity index (χ1) is 14.4. The molecular weight excluding hydrogens is 410 g/mol. The molecule has 2 aromatic carbocycles. The van der Waals surface area contributed by atoms with E-state index in [1.165, 1.54) is 34.9 Å². The predicted molar refractivity (Wildman–Crippen MR) is 114 cm³/mol.